The lowest BCUT2D eigenvalue weighted by Gasteiger charge is -2.38. The Morgan fingerprint density at radius 1 is 1.23 bits per heavy atom. The Morgan fingerprint density at radius 3 is 2.60 bits per heavy atom. The summed E-state index contributed by atoms with van der Waals surface area (Å²) in [6.45, 7) is 5.29. The molecule has 0 radical (unpaired) electrons. The predicted octanol–water partition coefficient (Wildman–Crippen LogP) is 2.68. The summed E-state index contributed by atoms with van der Waals surface area (Å²) in [6.07, 6.45) is 7.74. The molecule has 156 valence electrons. The zero-order valence-corrected chi connectivity index (χ0v) is 16.9. The van der Waals surface area contributed by atoms with Gasteiger partial charge in [-0.3, -0.25) is 19.6 Å². The SMILES string of the molecule is CC[C@H](C)[C@H]1c2nc(-c3cccnc3)nn2CCN1C(=O)c1ccncc1.O=CO. The molecule has 1 N–H and O–H groups in total. The van der Waals surface area contributed by atoms with Crippen molar-refractivity contribution in [1.29, 1.82) is 0 Å². The number of rotatable bonds is 4. The van der Waals surface area contributed by atoms with Crippen LogP contribution in [0.2, 0.25) is 0 Å². The average Bonchev–Trinajstić information content (AvgIpc) is 3.23. The molecule has 0 spiro atoms. The molecular weight excluding hydrogens is 384 g/mol. The number of amides is 1. The standard InChI is InChI=1S/C20H22N6O.CH2O2/c1-3-14(2)17-19-23-18(16-5-4-8-22-13-16)24-26(19)12-11-25(17)20(27)15-6-9-21-10-7-15;2-1-3/h4-10,13-14,17H,3,11-12H2,1-2H3;1H,(H,2,3)/t14-,17-;/m0./s1. The second kappa shape index (κ2) is 9.73. The van der Waals surface area contributed by atoms with Crippen LogP contribution >= 0.6 is 0 Å². The van der Waals surface area contributed by atoms with Gasteiger partial charge in [0.1, 0.15) is 0 Å². The van der Waals surface area contributed by atoms with Gasteiger partial charge in [0, 0.05) is 42.5 Å². The molecule has 0 bridgehead atoms. The van der Waals surface area contributed by atoms with Crippen molar-refractivity contribution < 1.29 is 14.7 Å². The number of nitrogens with zero attached hydrogens (tertiary/aromatic N) is 6. The number of hydrogen-bond acceptors (Lipinski definition) is 6. The molecule has 3 aromatic rings. The van der Waals surface area contributed by atoms with Crippen LogP contribution in [0.5, 0.6) is 0 Å². The first-order valence-corrected chi connectivity index (χ1v) is 9.74. The lowest BCUT2D eigenvalue weighted by molar-refractivity contribution is -0.122. The van der Waals surface area contributed by atoms with Crippen LogP contribution in [-0.2, 0) is 11.3 Å². The Morgan fingerprint density at radius 2 is 1.97 bits per heavy atom. The van der Waals surface area contributed by atoms with Crippen LogP contribution in [0.1, 0.15) is 42.5 Å². The number of carboxylic acid groups (broad SMARTS) is 1. The van der Waals surface area contributed by atoms with Gasteiger partial charge in [-0.25, -0.2) is 9.67 Å². The van der Waals surface area contributed by atoms with E-state index in [1.165, 1.54) is 0 Å². The van der Waals surface area contributed by atoms with Crippen molar-refractivity contribution in [2.75, 3.05) is 6.54 Å². The minimum Gasteiger partial charge on any atom is -0.483 e. The molecule has 1 aliphatic heterocycles. The highest BCUT2D eigenvalue weighted by molar-refractivity contribution is 5.94. The summed E-state index contributed by atoms with van der Waals surface area (Å²) >= 11 is 0. The first kappa shape index (κ1) is 21.1. The Hall–Kier alpha value is -3.62. The largest absolute Gasteiger partial charge is 0.483 e. The lowest BCUT2D eigenvalue weighted by atomic mass is 9.94. The number of fused-ring (bicyclic) bond motifs is 1. The fourth-order valence-corrected chi connectivity index (χ4v) is 3.51. The molecule has 2 atom stereocenters. The second-order valence-corrected chi connectivity index (χ2v) is 6.93. The second-order valence-electron chi connectivity index (χ2n) is 6.93. The molecule has 0 saturated heterocycles. The number of hydrogen-bond donors (Lipinski definition) is 1. The Balaban J connectivity index is 0.000000806. The third kappa shape index (κ3) is 4.35. The molecular formula is C21H24N6O3. The van der Waals surface area contributed by atoms with Gasteiger partial charge < -0.3 is 10.0 Å². The van der Waals surface area contributed by atoms with E-state index in [9.17, 15) is 4.79 Å². The van der Waals surface area contributed by atoms with Crippen LogP contribution in [0.3, 0.4) is 0 Å². The van der Waals surface area contributed by atoms with Gasteiger partial charge in [0.15, 0.2) is 11.6 Å². The Labute approximate surface area is 174 Å². The molecule has 0 saturated carbocycles. The molecule has 0 unspecified atom stereocenters. The van der Waals surface area contributed by atoms with Crippen molar-refractivity contribution in [3.8, 4) is 11.4 Å². The van der Waals surface area contributed by atoms with Gasteiger partial charge in [0.05, 0.1) is 12.6 Å². The first-order chi connectivity index (χ1) is 14.6. The third-order valence-electron chi connectivity index (χ3n) is 5.14. The maximum atomic E-state index is 13.1. The van der Waals surface area contributed by atoms with Gasteiger partial charge in [-0.1, -0.05) is 20.3 Å². The maximum Gasteiger partial charge on any atom is 0.290 e. The Bertz CT molecular complexity index is 977. The third-order valence-corrected chi connectivity index (χ3v) is 5.14. The van der Waals surface area contributed by atoms with E-state index in [4.69, 9.17) is 14.9 Å². The fourth-order valence-electron chi connectivity index (χ4n) is 3.51. The lowest BCUT2D eigenvalue weighted by Crippen LogP contribution is -2.45. The zero-order valence-electron chi connectivity index (χ0n) is 16.9. The maximum absolute atomic E-state index is 13.1. The quantitative estimate of drug-likeness (QED) is 0.660. The van der Waals surface area contributed by atoms with Gasteiger partial charge in [-0.05, 0) is 30.2 Å². The average molecular weight is 408 g/mol. The molecule has 9 heteroatoms. The zero-order chi connectivity index (χ0) is 21.5. The summed E-state index contributed by atoms with van der Waals surface area (Å²) in [7, 11) is 0. The summed E-state index contributed by atoms with van der Waals surface area (Å²) in [5.74, 6) is 1.78. The van der Waals surface area contributed by atoms with Gasteiger partial charge >= 0.3 is 0 Å². The van der Waals surface area contributed by atoms with E-state index < -0.39 is 0 Å². The van der Waals surface area contributed by atoms with E-state index >= 15 is 0 Å². The summed E-state index contributed by atoms with van der Waals surface area (Å²) in [4.78, 5) is 36.4. The van der Waals surface area contributed by atoms with Gasteiger partial charge in [-0.15, -0.1) is 0 Å². The van der Waals surface area contributed by atoms with Crippen molar-refractivity contribution in [3.63, 3.8) is 0 Å². The monoisotopic (exact) mass is 408 g/mol. The van der Waals surface area contributed by atoms with Crippen LogP contribution in [0.15, 0.2) is 49.1 Å². The first-order valence-electron chi connectivity index (χ1n) is 9.74. The molecule has 0 fully saturated rings. The van der Waals surface area contributed by atoms with Gasteiger partial charge in [0.2, 0.25) is 0 Å². The smallest absolute Gasteiger partial charge is 0.290 e. The molecule has 0 aliphatic carbocycles. The highest BCUT2D eigenvalue weighted by atomic mass is 16.3. The summed E-state index contributed by atoms with van der Waals surface area (Å²) in [6, 6.07) is 7.24. The van der Waals surface area contributed by atoms with E-state index in [-0.39, 0.29) is 24.3 Å². The number of pyridine rings is 2. The van der Waals surface area contributed by atoms with Crippen LogP contribution < -0.4 is 0 Å². The summed E-state index contributed by atoms with van der Waals surface area (Å²) in [5, 5.41) is 11.6. The van der Waals surface area contributed by atoms with E-state index in [1.54, 1.807) is 36.9 Å². The summed E-state index contributed by atoms with van der Waals surface area (Å²) in [5.41, 5.74) is 1.54. The van der Waals surface area contributed by atoms with Crippen molar-refractivity contribution in [3.05, 3.63) is 60.4 Å². The van der Waals surface area contributed by atoms with Crippen molar-refractivity contribution in [1.82, 2.24) is 29.6 Å². The predicted molar refractivity (Wildman–Crippen MR) is 109 cm³/mol. The fraction of sp³-hybridized carbons (Fsp3) is 0.333. The van der Waals surface area contributed by atoms with E-state index in [1.807, 2.05) is 21.7 Å². The molecule has 4 rings (SSSR count). The number of aromatic nitrogens is 5. The van der Waals surface area contributed by atoms with Crippen molar-refractivity contribution >= 4 is 12.4 Å². The normalized spacial score (nSPS) is 16.1. The molecule has 4 heterocycles. The molecule has 30 heavy (non-hydrogen) atoms. The highest BCUT2D eigenvalue weighted by Crippen LogP contribution is 2.34. The Kier molecular flexibility index (Phi) is 6.84. The molecule has 3 aromatic heterocycles. The minimum absolute atomic E-state index is 0.0138. The van der Waals surface area contributed by atoms with Crippen LogP contribution in [0.4, 0.5) is 0 Å². The summed E-state index contributed by atoms with van der Waals surface area (Å²) < 4.78 is 1.94. The van der Waals surface area contributed by atoms with Gasteiger partial charge in [-0.2, -0.15) is 5.10 Å². The number of carbonyl (C=O) groups is 2. The number of carbonyl (C=O) groups excluding carboxylic acids is 1. The van der Waals surface area contributed by atoms with Crippen molar-refractivity contribution in [2.45, 2.75) is 32.9 Å². The van der Waals surface area contributed by atoms with Crippen LogP contribution in [0.25, 0.3) is 11.4 Å². The minimum atomic E-state index is -0.250. The van der Waals surface area contributed by atoms with E-state index in [0.29, 0.717) is 24.5 Å². The molecule has 1 aliphatic rings. The van der Waals surface area contributed by atoms with E-state index in [2.05, 4.69) is 28.9 Å². The van der Waals surface area contributed by atoms with Crippen molar-refractivity contribution in [2.24, 2.45) is 5.92 Å². The topological polar surface area (TPSA) is 114 Å². The van der Waals surface area contributed by atoms with Crippen LogP contribution in [0, 0.1) is 5.92 Å². The molecule has 1 amide bonds. The van der Waals surface area contributed by atoms with E-state index in [0.717, 1.165) is 17.8 Å². The van der Waals surface area contributed by atoms with Crippen LogP contribution in [-0.4, -0.2) is 53.7 Å². The highest BCUT2D eigenvalue weighted by Gasteiger charge is 2.37. The molecule has 9 nitrogen and oxygen atoms in total. The molecule has 0 aromatic carbocycles. The van der Waals surface area contributed by atoms with Gasteiger partial charge in [0.25, 0.3) is 12.4 Å².